The van der Waals surface area contributed by atoms with Gasteiger partial charge in [-0.25, -0.2) is 8.78 Å². The Morgan fingerprint density at radius 1 is 1.05 bits per heavy atom. The molecule has 1 fully saturated rings. The fraction of sp³-hybridized carbons (Fsp3) is 0.250. The van der Waals surface area contributed by atoms with Crippen molar-refractivity contribution in [3.05, 3.63) is 59.7 Å². The van der Waals surface area contributed by atoms with Gasteiger partial charge in [0.2, 0.25) is 0 Å². The molecule has 0 amide bonds. The van der Waals surface area contributed by atoms with E-state index in [1.165, 1.54) is 18.9 Å². The summed E-state index contributed by atoms with van der Waals surface area (Å²) >= 11 is 0. The van der Waals surface area contributed by atoms with Crippen LogP contribution in [0.1, 0.15) is 18.4 Å². The lowest BCUT2D eigenvalue weighted by Gasteiger charge is -2.11. The average molecular weight is 275 g/mol. The first-order valence-electron chi connectivity index (χ1n) is 6.66. The van der Waals surface area contributed by atoms with Crippen LogP contribution in [0.4, 0.5) is 8.78 Å². The highest BCUT2D eigenvalue weighted by molar-refractivity contribution is 5.38. The van der Waals surface area contributed by atoms with Crippen LogP contribution in [0.15, 0.2) is 42.5 Å². The first-order chi connectivity index (χ1) is 9.72. The first kappa shape index (κ1) is 13.1. The molecule has 1 saturated carbocycles. The third kappa shape index (κ3) is 3.14. The molecule has 0 radical (unpaired) electrons. The van der Waals surface area contributed by atoms with Crippen LogP contribution in [-0.2, 0) is 6.54 Å². The van der Waals surface area contributed by atoms with Gasteiger partial charge in [-0.05, 0) is 31.0 Å². The Morgan fingerprint density at radius 3 is 2.60 bits per heavy atom. The van der Waals surface area contributed by atoms with Crippen molar-refractivity contribution in [1.29, 1.82) is 0 Å². The molecule has 2 aromatic rings. The Hall–Kier alpha value is -1.94. The Bertz CT molecular complexity index is 611. The van der Waals surface area contributed by atoms with Gasteiger partial charge >= 0.3 is 0 Å². The smallest absolute Gasteiger partial charge is 0.162 e. The van der Waals surface area contributed by atoms with Crippen molar-refractivity contribution in [2.45, 2.75) is 25.4 Å². The Balaban J connectivity index is 1.76. The normalized spacial score (nSPS) is 14.3. The lowest BCUT2D eigenvalue weighted by molar-refractivity contribution is 0.455. The molecule has 0 atom stereocenters. The molecule has 0 unspecified atom stereocenters. The van der Waals surface area contributed by atoms with Gasteiger partial charge in [0.05, 0.1) is 0 Å². The van der Waals surface area contributed by atoms with E-state index in [1.807, 2.05) is 24.3 Å². The topological polar surface area (TPSA) is 21.3 Å². The molecule has 0 spiro atoms. The largest absolute Gasteiger partial charge is 0.457 e. The molecule has 0 aliphatic heterocycles. The monoisotopic (exact) mass is 275 g/mol. The van der Waals surface area contributed by atoms with Crippen molar-refractivity contribution in [3.63, 3.8) is 0 Å². The number of rotatable bonds is 5. The number of benzene rings is 2. The van der Waals surface area contributed by atoms with Crippen molar-refractivity contribution in [1.82, 2.24) is 5.32 Å². The van der Waals surface area contributed by atoms with Gasteiger partial charge in [0.15, 0.2) is 11.6 Å². The molecular formula is C16H15F2NO. The van der Waals surface area contributed by atoms with Crippen LogP contribution < -0.4 is 10.1 Å². The molecule has 0 saturated heterocycles. The summed E-state index contributed by atoms with van der Waals surface area (Å²) in [5.41, 5.74) is 1.00. The van der Waals surface area contributed by atoms with E-state index >= 15 is 0 Å². The van der Waals surface area contributed by atoms with E-state index < -0.39 is 11.6 Å². The molecule has 104 valence electrons. The van der Waals surface area contributed by atoms with Crippen LogP contribution in [0.3, 0.4) is 0 Å². The van der Waals surface area contributed by atoms with Crippen LogP contribution >= 0.6 is 0 Å². The van der Waals surface area contributed by atoms with Gasteiger partial charge in [0, 0.05) is 24.2 Å². The van der Waals surface area contributed by atoms with Crippen LogP contribution in [0.2, 0.25) is 0 Å². The van der Waals surface area contributed by atoms with Crippen molar-refractivity contribution in [2.75, 3.05) is 0 Å². The molecule has 3 rings (SSSR count). The standard InChI is InChI=1S/C16H15F2NO/c17-14-8-7-13(9-15(14)18)20-16-4-2-1-3-11(16)10-19-12-5-6-12/h1-4,7-9,12,19H,5-6,10H2. The summed E-state index contributed by atoms with van der Waals surface area (Å²) in [5, 5.41) is 3.41. The minimum Gasteiger partial charge on any atom is -0.457 e. The summed E-state index contributed by atoms with van der Waals surface area (Å²) in [6.45, 7) is 0.713. The van der Waals surface area contributed by atoms with Gasteiger partial charge in [0.1, 0.15) is 11.5 Å². The fourth-order valence-electron chi connectivity index (χ4n) is 1.96. The zero-order valence-corrected chi connectivity index (χ0v) is 10.9. The molecule has 1 aliphatic rings. The van der Waals surface area contributed by atoms with Gasteiger partial charge < -0.3 is 10.1 Å². The van der Waals surface area contributed by atoms with Gasteiger partial charge in [-0.2, -0.15) is 0 Å². The van der Waals surface area contributed by atoms with Crippen molar-refractivity contribution < 1.29 is 13.5 Å². The van der Waals surface area contributed by atoms with Crippen LogP contribution in [0.5, 0.6) is 11.5 Å². The molecule has 1 aliphatic carbocycles. The van der Waals surface area contributed by atoms with Crippen molar-refractivity contribution in [3.8, 4) is 11.5 Å². The SMILES string of the molecule is Fc1ccc(Oc2ccccc2CNC2CC2)cc1F. The highest BCUT2D eigenvalue weighted by atomic mass is 19.2. The quantitative estimate of drug-likeness (QED) is 0.890. The summed E-state index contributed by atoms with van der Waals surface area (Å²) in [6, 6.07) is 11.7. The average Bonchev–Trinajstić information content (AvgIpc) is 3.26. The van der Waals surface area contributed by atoms with E-state index in [4.69, 9.17) is 4.74 Å². The predicted molar refractivity (Wildman–Crippen MR) is 72.7 cm³/mol. The van der Waals surface area contributed by atoms with Crippen molar-refractivity contribution in [2.24, 2.45) is 0 Å². The second-order valence-corrected chi connectivity index (χ2v) is 4.94. The zero-order valence-electron chi connectivity index (χ0n) is 10.9. The van der Waals surface area contributed by atoms with E-state index in [1.54, 1.807) is 0 Å². The van der Waals surface area contributed by atoms with Crippen LogP contribution in [-0.4, -0.2) is 6.04 Å². The summed E-state index contributed by atoms with van der Waals surface area (Å²) in [6.07, 6.45) is 2.43. The van der Waals surface area contributed by atoms with E-state index in [-0.39, 0.29) is 0 Å². The number of ether oxygens (including phenoxy) is 1. The molecule has 0 heterocycles. The Morgan fingerprint density at radius 2 is 1.85 bits per heavy atom. The third-order valence-corrected chi connectivity index (χ3v) is 3.25. The van der Waals surface area contributed by atoms with E-state index in [9.17, 15) is 8.78 Å². The van der Waals surface area contributed by atoms with Crippen molar-refractivity contribution >= 4 is 0 Å². The number of nitrogens with one attached hydrogen (secondary N) is 1. The Kier molecular flexibility index (Phi) is 3.65. The maximum Gasteiger partial charge on any atom is 0.162 e. The minimum atomic E-state index is -0.906. The number of para-hydroxylation sites is 1. The number of hydrogen-bond donors (Lipinski definition) is 1. The molecular weight excluding hydrogens is 260 g/mol. The third-order valence-electron chi connectivity index (χ3n) is 3.25. The summed E-state index contributed by atoms with van der Waals surface area (Å²) in [4.78, 5) is 0. The summed E-state index contributed by atoms with van der Waals surface area (Å²) in [5.74, 6) is -0.827. The van der Waals surface area contributed by atoms with E-state index in [2.05, 4.69) is 5.32 Å². The lowest BCUT2D eigenvalue weighted by Crippen LogP contribution is -2.15. The lowest BCUT2D eigenvalue weighted by atomic mass is 10.2. The molecule has 4 heteroatoms. The summed E-state index contributed by atoms with van der Waals surface area (Å²) < 4.78 is 31.7. The predicted octanol–water partition coefficient (Wildman–Crippen LogP) is 4.01. The fourth-order valence-corrected chi connectivity index (χ4v) is 1.96. The highest BCUT2D eigenvalue weighted by Crippen LogP contribution is 2.27. The highest BCUT2D eigenvalue weighted by Gasteiger charge is 2.20. The van der Waals surface area contributed by atoms with E-state index in [0.29, 0.717) is 24.1 Å². The first-order valence-corrected chi connectivity index (χ1v) is 6.66. The second kappa shape index (κ2) is 5.59. The maximum absolute atomic E-state index is 13.2. The molecule has 0 bridgehead atoms. The Labute approximate surface area is 116 Å². The van der Waals surface area contributed by atoms with Crippen LogP contribution in [0.25, 0.3) is 0 Å². The summed E-state index contributed by atoms with van der Waals surface area (Å²) in [7, 11) is 0. The molecule has 20 heavy (non-hydrogen) atoms. The maximum atomic E-state index is 13.2. The molecule has 2 aromatic carbocycles. The van der Waals surface area contributed by atoms with Gasteiger partial charge in [0.25, 0.3) is 0 Å². The van der Waals surface area contributed by atoms with E-state index in [0.717, 1.165) is 17.7 Å². The van der Waals surface area contributed by atoms with Crippen LogP contribution in [0, 0.1) is 11.6 Å². The number of hydrogen-bond acceptors (Lipinski definition) is 2. The minimum absolute atomic E-state index is 0.294. The van der Waals surface area contributed by atoms with Gasteiger partial charge in [-0.15, -0.1) is 0 Å². The molecule has 1 N–H and O–H groups in total. The molecule has 0 aromatic heterocycles. The van der Waals surface area contributed by atoms with Gasteiger partial charge in [-0.3, -0.25) is 0 Å². The number of halogens is 2. The zero-order chi connectivity index (χ0) is 13.9. The second-order valence-electron chi connectivity index (χ2n) is 4.94. The molecule has 2 nitrogen and oxygen atoms in total. The van der Waals surface area contributed by atoms with Gasteiger partial charge in [-0.1, -0.05) is 18.2 Å².